The van der Waals surface area contributed by atoms with E-state index in [1.165, 1.54) is 24.3 Å². The fourth-order valence-electron chi connectivity index (χ4n) is 1.65. The van der Waals surface area contributed by atoms with Crippen molar-refractivity contribution in [1.82, 2.24) is 0 Å². The zero-order chi connectivity index (χ0) is 13.9. The zero-order valence-electron chi connectivity index (χ0n) is 9.78. The van der Waals surface area contributed by atoms with Crippen LogP contribution in [0.5, 0.6) is 0 Å². The lowest BCUT2D eigenvalue weighted by molar-refractivity contribution is 0.209. The highest BCUT2D eigenvalue weighted by molar-refractivity contribution is 7.91. The molecule has 0 aliphatic heterocycles. The Morgan fingerprint density at radius 1 is 0.947 bits per heavy atom. The van der Waals surface area contributed by atoms with E-state index in [9.17, 15) is 13.2 Å². The van der Waals surface area contributed by atoms with Gasteiger partial charge in [0, 0.05) is 0 Å². The number of sulfone groups is 1. The van der Waals surface area contributed by atoms with Crippen molar-refractivity contribution >= 4 is 21.6 Å². The number of rotatable bonds is 3. The second-order valence-corrected chi connectivity index (χ2v) is 5.66. The number of amides is 1. The summed E-state index contributed by atoms with van der Waals surface area (Å²) in [5.41, 5.74) is 0.0406. The molecular weight excluding hydrogens is 266 g/mol. The smallest absolute Gasteiger partial charge is 0.409 e. The second-order valence-electron chi connectivity index (χ2n) is 3.74. The molecule has 2 aromatic rings. The summed E-state index contributed by atoms with van der Waals surface area (Å²) < 4.78 is 24.8. The Bertz CT molecular complexity index is 696. The third-order valence-electron chi connectivity index (χ3n) is 2.47. The normalized spacial score (nSPS) is 10.9. The molecule has 98 valence electrons. The number of hydrogen-bond donors (Lipinski definition) is 2. The van der Waals surface area contributed by atoms with E-state index in [1.807, 2.05) is 0 Å². The number of benzene rings is 2. The molecular formula is C13H11NO4S. The predicted octanol–water partition coefficient (Wildman–Crippen LogP) is 2.61. The van der Waals surface area contributed by atoms with Gasteiger partial charge in [-0.25, -0.2) is 13.2 Å². The minimum absolute atomic E-state index is 0.0406. The minimum atomic E-state index is -3.74. The molecule has 2 rings (SSSR count). The molecule has 6 heteroatoms. The van der Waals surface area contributed by atoms with E-state index < -0.39 is 15.9 Å². The average Bonchev–Trinajstić information content (AvgIpc) is 2.39. The highest BCUT2D eigenvalue weighted by Gasteiger charge is 2.21. The Labute approximate surface area is 110 Å². The molecule has 0 aromatic heterocycles. The van der Waals surface area contributed by atoms with Crippen LogP contribution in [0.3, 0.4) is 0 Å². The molecule has 1 amide bonds. The first-order valence-corrected chi connectivity index (χ1v) is 6.89. The molecule has 19 heavy (non-hydrogen) atoms. The van der Waals surface area contributed by atoms with Gasteiger partial charge in [0.15, 0.2) is 0 Å². The van der Waals surface area contributed by atoms with E-state index in [1.54, 1.807) is 30.3 Å². The topological polar surface area (TPSA) is 83.5 Å². The highest BCUT2D eigenvalue weighted by Crippen LogP contribution is 2.27. The number of carboxylic acid groups (broad SMARTS) is 1. The Kier molecular flexibility index (Phi) is 3.52. The van der Waals surface area contributed by atoms with Crippen molar-refractivity contribution in [2.45, 2.75) is 9.79 Å². The molecule has 0 unspecified atom stereocenters. The lowest BCUT2D eigenvalue weighted by Gasteiger charge is -2.09. The quantitative estimate of drug-likeness (QED) is 0.903. The van der Waals surface area contributed by atoms with Crippen LogP contribution in [0.15, 0.2) is 64.4 Å². The third-order valence-corrected chi connectivity index (χ3v) is 4.30. The van der Waals surface area contributed by atoms with Crippen LogP contribution in [0.1, 0.15) is 0 Å². The van der Waals surface area contributed by atoms with Crippen molar-refractivity contribution in [3.63, 3.8) is 0 Å². The molecule has 0 saturated heterocycles. The number of carbonyl (C=O) groups is 1. The van der Waals surface area contributed by atoms with Gasteiger partial charge in [-0.2, -0.15) is 0 Å². The summed E-state index contributed by atoms with van der Waals surface area (Å²) in [5, 5.41) is 10.8. The minimum Gasteiger partial charge on any atom is -0.465 e. The van der Waals surface area contributed by atoms with Gasteiger partial charge in [-0.3, -0.25) is 5.32 Å². The second kappa shape index (κ2) is 5.11. The van der Waals surface area contributed by atoms with Crippen LogP contribution in [0.25, 0.3) is 0 Å². The van der Waals surface area contributed by atoms with Gasteiger partial charge in [-0.15, -0.1) is 0 Å². The molecule has 2 N–H and O–H groups in total. The van der Waals surface area contributed by atoms with Gasteiger partial charge >= 0.3 is 6.09 Å². The lowest BCUT2D eigenvalue weighted by atomic mass is 10.3. The predicted molar refractivity (Wildman–Crippen MR) is 70.0 cm³/mol. The zero-order valence-corrected chi connectivity index (χ0v) is 10.6. The highest BCUT2D eigenvalue weighted by atomic mass is 32.2. The molecule has 0 bridgehead atoms. The van der Waals surface area contributed by atoms with Crippen LogP contribution in [0, 0.1) is 0 Å². The number of nitrogens with one attached hydrogen (secondary N) is 1. The summed E-state index contributed by atoms with van der Waals surface area (Å²) in [6.45, 7) is 0. The van der Waals surface area contributed by atoms with Gasteiger partial charge < -0.3 is 5.11 Å². The van der Waals surface area contributed by atoms with Gasteiger partial charge in [0.25, 0.3) is 0 Å². The molecule has 0 heterocycles. The molecule has 2 aromatic carbocycles. The molecule has 0 aliphatic rings. The summed E-state index contributed by atoms with van der Waals surface area (Å²) in [5.74, 6) is 0. The molecule has 0 radical (unpaired) electrons. The van der Waals surface area contributed by atoms with Crippen molar-refractivity contribution in [2.24, 2.45) is 0 Å². The van der Waals surface area contributed by atoms with Crippen molar-refractivity contribution in [3.05, 3.63) is 54.6 Å². The maximum Gasteiger partial charge on any atom is 0.409 e. The molecule has 0 saturated carbocycles. The van der Waals surface area contributed by atoms with Crippen molar-refractivity contribution in [3.8, 4) is 0 Å². The number of hydrogen-bond acceptors (Lipinski definition) is 3. The van der Waals surface area contributed by atoms with E-state index in [-0.39, 0.29) is 15.5 Å². The standard InChI is InChI=1S/C13H11NO4S/c15-13(16)14-11-8-4-5-9-12(11)19(17,18)10-6-2-1-3-7-10/h1-9,14H,(H,15,16). The van der Waals surface area contributed by atoms with E-state index in [0.29, 0.717) is 0 Å². The summed E-state index contributed by atoms with van der Waals surface area (Å²) in [4.78, 5) is 10.7. The lowest BCUT2D eigenvalue weighted by Crippen LogP contribution is -2.12. The van der Waals surface area contributed by atoms with Crippen LogP contribution in [-0.4, -0.2) is 19.6 Å². The molecule has 0 atom stereocenters. The van der Waals surface area contributed by atoms with Crippen LogP contribution in [0.4, 0.5) is 10.5 Å². The fourth-order valence-corrected chi connectivity index (χ4v) is 3.08. The first-order chi connectivity index (χ1) is 9.01. The largest absolute Gasteiger partial charge is 0.465 e. The maximum absolute atomic E-state index is 12.4. The SMILES string of the molecule is O=C(O)Nc1ccccc1S(=O)(=O)c1ccccc1. The molecule has 5 nitrogen and oxygen atoms in total. The van der Waals surface area contributed by atoms with Gasteiger partial charge in [-0.1, -0.05) is 30.3 Å². The molecule has 0 spiro atoms. The van der Waals surface area contributed by atoms with E-state index in [0.717, 1.165) is 0 Å². The van der Waals surface area contributed by atoms with Gasteiger partial charge in [-0.05, 0) is 24.3 Å². The van der Waals surface area contributed by atoms with E-state index >= 15 is 0 Å². The van der Waals surface area contributed by atoms with E-state index in [4.69, 9.17) is 5.11 Å². The maximum atomic E-state index is 12.4. The summed E-state index contributed by atoms with van der Waals surface area (Å²) in [7, 11) is -3.74. The number of anilines is 1. The van der Waals surface area contributed by atoms with Gasteiger partial charge in [0.2, 0.25) is 9.84 Å². The summed E-state index contributed by atoms with van der Waals surface area (Å²) >= 11 is 0. The number of para-hydroxylation sites is 1. The Morgan fingerprint density at radius 2 is 1.53 bits per heavy atom. The summed E-state index contributed by atoms with van der Waals surface area (Å²) in [6.07, 6.45) is -1.31. The molecule has 0 fully saturated rings. The Morgan fingerprint density at radius 3 is 2.16 bits per heavy atom. The fraction of sp³-hybridized carbons (Fsp3) is 0. The average molecular weight is 277 g/mol. The monoisotopic (exact) mass is 277 g/mol. The van der Waals surface area contributed by atoms with Gasteiger partial charge in [0.05, 0.1) is 15.5 Å². The Hall–Kier alpha value is -2.34. The van der Waals surface area contributed by atoms with Crippen LogP contribution >= 0.6 is 0 Å². The van der Waals surface area contributed by atoms with Crippen molar-refractivity contribution < 1.29 is 18.3 Å². The van der Waals surface area contributed by atoms with Crippen LogP contribution in [0.2, 0.25) is 0 Å². The summed E-state index contributed by atoms with van der Waals surface area (Å²) in [6, 6.07) is 13.7. The first-order valence-electron chi connectivity index (χ1n) is 5.41. The van der Waals surface area contributed by atoms with Crippen molar-refractivity contribution in [1.29, 1.82) is 0 Å². The van der Waals surface area contributed by atoms with Gasteiger partial charge in [0.1, 0.15) is 0 Å². The first kappa shape index (κ1) is 13.1. The van der Waals surface area contributed by atoms with Crippen LogP contribution in [-0.2, 0) is 9.84 Å². The third kappa shape index (κ3) is 2.74. The van der Waals surface area contributed by atoms with E-state index in [2.05, 4.69) is 5.32 Å². The van der Waals surface area contributed by atoms with Crippen LogP contribution < -0.4 is 5.32 Å². The van der Waals surface area contributed by atoms with Crippen molar-refractivity contribution in [2.75, 3.05) is 5.32 Å². The Balaban J connectivity index is 2.56. The molecule has 0 aliphatic carbocycles.